The second kappa shape index (κ2) is 6.11. The van der Waals surface area contributed by atoms with Crippen molar-refractivity contribution in [1.29, 1.82) is 0 Å². The van der Waals surface area contributed by atoms with Crippen LogP contribution in [-0.2, 0) is 6.54 Å². The van der Waals surface area contributed by atoms with Gasteiger partial charge in [-0.15, -0.1) is 0 Å². The van der Waals surface area contributed by atoms with E-state index < -0.39 is 0 Å². The zero-order chi connectivity index (χ0) is 14.8. The van der Waals surface area contributed by atoms with E-state index in [1.54, 1.807) is 17.1 Å². The van der Waals surface area contributed by atoms with Gasteiger partial charge in [0, 0.05) is 14.2 Å². The van der Waals surface area contributed by atoms with E-state index in [1.165, 1.54) is 12.1 Å². The van der Waals surface area contributed by atoms with Gasteiger partial charge < -0.3 is 0 Å². The van der Waals surface area contributed by atoms with Crippen molar-refractivity contribution in [2.45, 2.75) is 6.54 Å². The Morgan fingerprint density at radius 2 is 2.05 bits per heavy atom. The minimum atomic E-state index is -0.313. The molecular formula is C15H10ClFIN3. The maximum atomic E-state index is 13.3. The average Bonchev–Trinajstić information content (AvgIpc) is 2.91. The van der Waals surface area contributed by atoms with Crippen molar-refractivity contribution >= 4 is 34.2 Å². The van der Waals surface area contributed by atoms with Crippen LogP contribution in [-0.4, -0.2) is 14.8 Å². The number of hydrogen-bond donors (Lipinski definition) is 0. The van der Waals surface area contributed by atoms with Crippen molar-refractivity contribution in [3.05, 3.63) is 68.8 Å². The van der Waals surface area contributed by atoms with Crippen LogP contribution in [0.4, 0.5) is 4.39 Å². The van der Waals surface area contributed by atoms with Crippen molar-refractivity contribution in [3.63, 3.8) is 0 Å². The number of nitrogens with zero attached hydrogens (tertiary/aromatic N) is 3. The summed E-state index contributed by atoms with van der Waals surface area (Å²) >= 11 is 8.31. The normalized spacial score (nSPS) is 10.8. The Hall–Kier alpha value is -1.47. The first kappa shape index (κ1) is 14.5. The molecule has 21 heavy (non-hydrogen) atoms. The molecule has 3 rings (SSSR count). The Morgan fingerprint density at radius 3 is 2.86 bits per heavy atom. The van der Waals surface area contributed by atoms with Crippen LogP contribution >= 0.6 is 34.2 Å². The first-order valence-corrected chi connectivity index (χ1v) is 7.67. The van der Waals surface area contributed by atoms with Crippen LogP contribution in [0.1, 0.15) is 5.56 Å². The summed E-state index contributed by atoms with van der Waals surface area (Å²) in [6.07, 6.45) is 1.62. The van der Waals surface area contributed by atoms with Gasteiger partial charge in [0.25, 0.3) is 0 Å². The first-order chi connectivity index (χ1) is 10.1. The first-order valence-electron chi connectivity index (χ1n) is 6.21. The van der Waals surface area contributed by atoms with E-state index in [-0.39, 0.29) is 5.82 Å². The van der Waals surface area contributed by atoms with Crippen molar-refractivity contribution in [1.82, 2.24) is 14.8 Å². The second-order valence-electron chi connectivity index (χ2n) is 4.51. The average molecular weight is 414 g/mol. The summed E-state index contributed by atoms with van der Waals surface area (Å²) in [7, 11) is 0. The van der Waals surface area contributed by atoms with Gasteiger partial charge in [-0.2, -0.15) is 5.10 Å². The molecule has 0 aliphatic carbocycles. The molecule has 0 saturated carbocycles. The highest BCUT2D eigenvalue weighted by Gasteiger charge is 2.07. The molecule has 0 fully saturated rings. The highest BCUT2D eigenvalue weighted by Crippen LogP contribution is 2.20. The van der Waals surface area contributed by atoms with E-state index >= 15 is 0 Å². The summed E-state index contributed by atoms with van der Waals surface area (Å²) < 4.78 is 16.0. The quantitative estimate of drug-likeness (QED) is 0.596. The molecule has 0 unspecified atom stereocenters. The third-order valence-corrected chi connectivity index (χ3v) is 4.00. The van der Waals surface area contributed by atoms with Crippen LogP contribution in [0.15, 0.2) is 48.8 Å². The topological polar surface area (TPSA) is 30.7 Å². The molecule has 1 aromatic heterocycles. The van der Waals surface area contributed by atoms with Crippen LogP contribution in [0.25, 0.3) is 11.4 Å². The lowest BCUT2D eigenvalue weighted by molar-refractivity contribution is 0.619. The zero-order valence-electron chi connectivity index (χ0n) is 10.8. The molecule has 0 spiro atoms. The lowest BCUT2D eigenvalue weighted by Gasteiger charge is -2.04. The summed E-state index contributed by atoms with van der Waals surface area (Å²) in [6, 6.07) is 12.2. The van der Waals surface area contributed by atoms with Gasteiger partial charge in [-0.3, -0.25) is 0 Å². The largest absolute Gasteiger partial charge is 0.248 e. The van der Waals surface area contributed by atoms with Crippen LogP contribution < -0.4 is 0 Å². The number of rotatable bonds is 3. The van der Waals surface area contributed by atoms with Crippen LogP contribution in [0.3, 0.4) is 0 Å². The van der Waals surface area contributed by atoms with E-state index in [4.69, 9.17) is 11.6 Å². The van der Waals surface area contributed by atoms with Gasteiger partial charge in [-0.25, -0.2) is 14.1 Å². The zero-order valence-corrected chi connectivity index (χ0v) is 13.7. The molecular weight excluding hydrogens is 404 g/mol. The molecule has 0 amide bonds. The molecule has 0 N–H and O–H groups in total. The molecule has 6 heteroatoms. The van der Waals surface area contributed by atoms with Crippen LogP contribution in [0, 0.1) is 9.39 Å². The highest BCUT2D eigenvalue weighted by molar-refractivity contribution is 14.1. The Kier molecular flexibility index (Phi) is 4.21. The molecule has 2 aromatic carbocycles. The smallest absolute Gasteiger partial charge is 0.181 e. The maximum Gasteiger partial charge on any atom is 0.181 e. The van der Waals surface area contributed by atoms with E-state index in [1.807, 2.05) is 24.3 Å². The Balaban J connectivity index is 1.87. The van der Waals surface area contributed by atoms with E-state index in [2.05, 4.69) is 32.7 Å². The second-order valence-corrected chi connectivity index (χ2v) is 6.16. The van der Waals surface area contributed by atoms with E-state index in [0.29, 0.717) is 23.0 Å². The predicted octanol–water partition coefficient (Wildman–Crippen LogP) is 4.39. The predicted molar refractivity (Wildman–Crippen MR) is 88.7 cm³/mol. The molecule has 0 saturated heterocycles. The number of aromatic nitrogens is 3. The summed E-state index contributed by atoms with van der Waals surface area (Å²) in [5.74, 6) is 0.327. The van der Waals surface area contributed by atoms with Gasteiger partial charge in [0.15, 0.2) is 5.82 Å². The number of hydrogen-bond acceptors (Lipinski definition) is 2. The lowest BCUT2D eigenvalue weighted by atomic mass is 10.2. The Morgan fingerprint density at radius 1 is 1.19 bits per heavy atom. The summed E-state index contributed by atoms with van der Waals surface area (Å²) in [5.41, 5.74) is 1.63. The molecule has 106 valence electrons. The van der Waals surface area contributed by atoms with Gasteiger partial charge in [-0.1, -0.05) is 23.7 Å². The van der Waals surface area contributed by atoms with Crippen molar-refractivity contribution < 1.29 is 4.39 Å². The van der Waals surface area contributed by atoms with E-state index in [9.17, 15) is 4.39 Å². The minimum absolute atomic E-state index is 0.313. The van der Waals surface area contributed by atoms with Crippen molar-refractivity contribution in [2.24, 2.45) is 0 Å². The van der Waals surface area contributed by atoms with Crippen molar-refractivity contribution in [2.75, 3.05) is 0 Å². The van der Waals surface area contributed by atoms with Crippen LogP contribution in [0.2, 0.25) is 5.02 Å². The highest BCUT2D eigenvalue weighted by atomic mass is 127. The maximum absolute atomic E-state index is 13.3. The monoisotopic (exact) mass is 413 g/mol. The number of benzene rings is 2. The van der Waals surface area contributed by atoms with Gasteiger partial charge in [0.2, 0.25) is 0 Å². The fourth-order valence-electron chi connectivity index (χ4n) is 1.97. The fraction of sp³-hybridized carbons (Fsp3) is 0.0667. The number of halogens is 3. The van der Waals surface area contributed by atoms with Crippen LogP contribution in [0.5, 0.6) is 0 Å². The van der Waals surface area contributed by atoms with Crippen molar-refractivity contribution in [3.8, 4) is 11.4 Å². The van der Waals surface area contributed by atoms with Gasteiger partial charge >= 0.3 is 0 Å². The standard InChI is InChI=1S/C15H10ClFIN3/c16-14-5-4-12(17)6-11(14)8-21-9-19-15(20-21)10-2-1-3-13(18)7-10/h1-7,9H,8H2. The van der Waals surface area contributed by atoms with E-state index in [0.717, 1.165) is 9.13 Å². The lowest BCUT2D eigenvalue weighted by Crippen LogP contribution is -2.01. The molecule has 0 atom stereocenters. The van der Waals surface area contributed by atoms with Gasteiger partial charge in [0.05, 0.1) is 6.54 Å². The SMILES string of the molecule is Fc1ccc(Cl)c(Cn2cnc(-c3cccc(I)c3)n2)c1. The minimum Gasteiger partial charge on any atom is -0.248 e. The molecule has 1 heterocycles. The molecule has 0 bridgehead atoms. The molecule has 3 nitrogen and oxygen atoms in total. The molecule has 0 aliphatic heterocycles. The third kappa shape index (κ3) is 3.41. The fourth-order valence-corrected chi connectivity index (χ4v) is 2.69. The molecule has 0 radical (unpaired) electrons. The Labute approximate surface area is 139 Å². The molecule has 0 aliphatic rings. The summed E-state index contributed by atoms with van der Waals surface area (Å²) in [6.45, 7) is 0.382. The summed E-state index contributed by atoms with van der Waals surface area (Å²) in [5, 5.41) is 4.93. The molecule has 3 aromatic rings. The Bertz CT molecular complexity index is 788. The van der Waals surface area contributed by atoms with Gasteiger partial charge in [0.1, 0.15) is 12.1 Å². The van der Waals surface area contributed by atoms with Gasteiger partial charge in [-0.05, 0) is 58.5 Å². The third-order valence-electron chi connectivity index (χ3n) is 2.96. The summed E-state index contributed by atoms with van der Waals surface area (Å²) in [4.78, 5) is 4.29.